The molecular weight excluding hydrogens is 308 g/mol. The van der Waals surface area contributed by atoms with Crippen molar-refractivity contribution in [3.8, 4) is 0 Å². The van der Waals surface area contributed by atoms with Crippen LogP contribution in [-0.2, 0) is 0 Å². The highest BCUT2D eigenvalue weighted by Crippen LogP contribution is 2.26. The monoisotopic (exact) mass is 313 g/mol. The molecular formula is C12H6ClF2N3O3. The molecule has 1 heterocycles. The van der Waals surface area contributed by atoms with Gasteiger partial charge in [0.15, 0.2) is 0 Å². The highest BCUT2D eigenvalue weighted by atomic mass is 35.5. The van der Waals surface area contributed by atoms with Gasteiger partial charge >= 0.3 is 0 Å². The average molecular weight is 314 g/mol. The molecule has 108 valence electrons. The fraction of sp³-hybridized carbons (Fsp3) is 0. The van der Waals surface area contributed by atoms with E-state index in [0.29, 0.717) is 0 Å². The SMILES string of the molecule is O=C(Nc1cc(F)ccc1[N+](=O)[O-])c1cc(F)cnc1Cl. The maximum Gasteiger partial charge on any atom is 0.292 e. The van der Waals surface area contributed by atoms with Gasteiger partial charge in [-0.25, -0.2) is 13.8 Å². The van der Waals surface area contributed by atoms with Crippen LogP contribution in [0, 0.1) is 21.7 Å². The summed E-state index contributed by atoms with van der Waals surface area (Å²) in [6, 6.07) is 3.37. The topological polar surface area (TPSA) is 85.1 Å². The van der Waals surface area contributed by atoms with Gasteiger partial charge in [-0.15, -0.1) is 0 Å². The van der Waals surface area contributed by atoms with Crippen molar-refractivity contribution in [2.24, 2.45) is 0 Å². The summed E-state index contributed by atoms with van der Waals surface area (Å²) in [4.78, 5) is 25.4. The van der Waals surface area contributed by atoms with Crippen LogP contribution in [0.5, 0.6) is 0 Å². The summed E-state index contributed by atoms with van der Waals surface area (Å²) in [5.41, 5.74) is -1.20. The van der Waals surface area contributed by atoms with Gasteiger partial charge in [0.2, 0.25) is 0 Å². The summed E-state index contributed by atoms with van der Waals surface area (Å²) < 4.78 is 26.2. The Morgan fingerprint density at radius 2 is 2.00 bits per heavy atom. The van der Waals surface area contributed by atoms with Crippen LogP contribution in [0.15, 0.2) is 30.5 Å². The van der Waals surface area contributed by atoms with E-state index in [1.165, 1.54) is 0 Å². The van der Waals surface area contributed by atoms with Crippen LogP contribution in [0.1, 0.15) is 10.4 Å². The number of pyridine rings is 1. The van der Waals surface area contributed by atoms with Gasteiger partial charge in [-0.2, -0.15) is 0 Å². The molecule has 0 saturated heterocycles. The van der Waals surface area contributed by atoms with E-state index in [-0.39, 0.29) is 16.4 Å². The Hall–Kier alpha value is -2.61. The fourth-order valence-electron chi connectivity index (χ4n) is 1.54. The molecule has 1 N–H and O–H groups in total. The van der Waals surface area contributed by atoms with Gasteiger partial charge in [0, 0.05) is 12.1 Å². The van der Waals surface area contributed by atoms with Crippen LogP contribution in [-0.4, -0.2) is 15.8 Å². The van der Waals surface area contributed by atoms with E-state index in [0.717, 1.165) is 30.5 Å². The molecule has 1 aromatic carbocycles. The van der Waals surface area contributed by atoms with Crippen molar-refractivity contribution in [3.05, 3.63) is 62.9 Å². The number of halogens is 3. The molecule has 9 heteroatoms. The number of carbonyl (C=O) groups excluding carboxylic acids is 1. The van der Waals surface area contributed by atoms with Crippen LogP contribution in [0.2, 0.25) is 5.15 Å². The Balaban J connectivity index is 2.38. The molecule has 0 aliphatic heterocycles. The third-order valence-electron chi connectivity index (χ3n) is 2.45. The standard InChI is InChI=1S/C12H6ClF2N3O3/c13-11-8(3-7(15)5-16-11)12(19)17-9-4-6(14)1-2-10(9)18(20)21/h1-5H,(H,17,19). The molecule has 21 heavy (non-hydrogen) atoms. The first-order valence-corrected chi connectivity index (χ1v) is 5.82. The smallest absolute Gasteiger partial charge is 0.292 e. The summed E-state index contributed by atoms with van der Waals surface area (Å²) in [5, 5.41) is 12.6. The van der Waals surface area contributed by atoms with Crippen molar-refractivity contribution in [1.29, 1.82) is 0 Å². The molecule has 1 amide bonds. The lowest BCUT2D eigenvalue weighted by Gasteiger charge is -2.07. The van der Waals surface area contributed by atoms with Crippen molar-refractivity contribution in [3.63, 3.8) is 0 Å². The van der Waals surface area contributed by atoms with Crippen LogP contribution in [0.4, 0.5) is 20.2 Å². The highest BCUT2D eigenvalue weighted by Gasteiger charge is 2.19. The Morgan fingerprint density at radius 3 is 2.67 bits per heavy atom. The molecule has 0 bridgehead atoms. The van der Waals surface area contributed by atoms with Crippen LogP contribution < -0.4 is 5.32 Å². The van der Waals surface area contributed by atoms with Crippen molar-refractivity contribution < 1.29 is 18.5 Å². The van der Waals surface area contributed by atoms with E-state index >= 15 is 0 Å². The van der Waals surface area contributed by atoms with Gasteiger partial charge in [-0.1, -0.05) is 11.6 Å². The van der Waals surface area contributed by atoms with Gasteiger partial charge in [0.05, 0.1) is 16.7 Å². The molecule has 0 spiro atoms. The Kier molecular flexibility index (Phi) is 4.08. The van der Waals surface area contributed by atoms with Crippen molar-refractivity contribution in [2.45, 2.75) is 0 Å². The number of nitro groups is 1. The number of nitrogens with zero attached hydrogens (tertiary/aromatic N) is 2. The van der Waals surface area contributed by atoms with E-state index in [1.54, 1.807) is 0 Å². The number of nitro benzene ring substituents is 1. The van der Waals surface area contributed by atoms with E-state index in [1.807, 2.05) is 0 Å². The number of aromatic nitrogens is 1. The number of carbonyl (C=O) groups is 1. The first-order chi connectivity index (χ1) is 9.88. The molecule has 0 unspecified atom stereocenters. The first-order valence-electron chi connectivity index (χ1n) is 5.45. The van der Waals surface area contributed by atoms with Crippen molar-refractivity contribution in [2.75, 3.05) is 5.32 Å². The van der Waals surface area contributed by atoms with Crippen LogP contribution in [0.25, 0.3) is 0 Å². The highest BCUT2D eigenvalue weighted by molar-refractivity contribution is 6.33. The zero-order valence-electron chi connectivity index (χ0n) is 10.1. The van der Waals surface area contributed by atoms with E-state index in [9.17, 15) is 23.7 Å². The first kappa shape index (κ1) is 14.8. The third-order valence-corrected chi connectivity index (χ3v) is 2.76. The number of hydrogen-bond donors (Lipinski definition) is 1. The molecule has 6 nitrogen and oxygen atoms in total. The summed E-state index contributed by atoms with van der Waals surface area (Å²) >= 11 is 5.64. The Bertz CT molecular complexity index is 740. The zero-order chi connectivity index (χ0) is 15.6. The second-order valence-electron chi connectivity index (χ2n) is 3.86. The lowest BCUT2D eigenvalue weighted by Crippen LogP contribution is -2.14. The normalized spacial score (nSPS) is 10.2. The van der Waals surface area contributed by atoms with Gasteiger partial charge in [-0.05, 0) is 12.1 Å². The molecule has 1 aromatic heterocycles. The number of benzene rings is 1. The maximum absolute atomic E-state index is 13.1. The summed E-state index contributed by atoms with van der Waals surface area (Å²) in [6.07, 6.45) is 0.809. The minimum atomic E-state index is -0.944. The van der Waals surface area contributed by atoms with Crippen molar-refractivity contribution >= 4 is 28.9 Å². The molecule has 0 atom stereocenters. The predicted molar refractivity (Wildman–Crippen MR) is 70.2 cm³/mol. The zero-order valence-corrected chi connectivity index (χ0v) is 10.9. The molecule has 2 rings (SSSR count). The average Bonchev–Trinajstić information content (AvgIpc) is 2.41. The number of hydrogen-bond acceptors (Lipinski definition) is 4. The van der Waals surface area contributed by atoms with Gasteiger partial charge in [-0.3, -0.25) is 14.9 Å². The molecule has 0 aliphatic rings. The van der Waals surface area contributed by atoms with Gasteiger partial charge in [0.1, 0.15) is 22.5 Å². The van der Waals surface area contributed by atoms with E-state index in [4.69, 9.17) is 11.6 Å². The Morgan fingerprint density at radius 1 is 1.29 bits per heavy atom. The third kappa shape index (κ3) is 3.29. The van der Waals surface area contributed by atoms with Gasteiger partial charge < -0.3 is 5.32 Å². The minimum Gasteiger partial charge on any atom is -0.316 e. The maximum atomic E-state index is 13.1. The lowest BCUT2D eigenvalue weighted by atomic mass is 10.2. The molecule has 0 fully saturated rings. The molecule has 0 radical (unpaired) electrons. The molecule has 0 saturated carbocycles. The van der Waals surface area contributed by atoms with Crippen LogP contribution >= 0.6 is 11.6 Å². The number of nitrogens with one attached hydrogen (secondary N) is 1. The second kappa shape index (κ2) is 5.80. The summed E-state index contributed by atoms with van der Waals surface area (Å²) in [6.45, 7) is 0. The number of rotatable bonds is 3. The second-order valence-corrected chi connectivity index (χ2v) is 4.22. The number of amides is 1. The predicted octanol–water partition coefficient (Wildman–Crippen LogP) is 3.17. The fourth-order valence-corrected chi connectivity index (χ4v) is 1.73. The van der Waals surface area contributed by atoms with E-state index in [2.05, 4.69) is 10.3 Å². The number of anilines is 1. The van der Waals surface area contributed by atoms with Crippen molar-refractivity contribution in [1.82, 2.24) is 4.98 Å². The summed E-state index contributed by atoms with van der Waals surface area (Å²) in [7, 11) is 0. The van der Waals surface area contributed by atoms with Gasteiger partial charge in [0.25, 0.3) is 11.6 Å². The quantitative estimate of drug-likeness (QED) is 0.536. The molecule has 0 aliphatic carbocycles. The Labute approximate surface area is 121 Å². The summed E-state index contributed by atoms with van der Waals surface area (Å²) in [5.74, 6) is -2.53. The van der Waals surface area contributed by atoms with E-state index < -0.39 is 28.2 Å². The minimum absolute atomic E-state index is 0.284. The largest absolute Gasteiger partial charge is 0.316 e. The lowest BCUT2D eigenvalue weighted by molar-refractivity contribution is -0.384. The molecule has 2 aromatic rings. The van der Waals surface area contributed by atoms with Crippen LogP contribution in [0.3, 0.4) is 0 Å².